The second-order valence-corrected chi connectivity index (χ2v) is 6.01. The molecule has 0 saturated heterocycles. The van der Waals surface area contributed by atoms with Crippen LogP contribution < -0.4 is 4.74 Å². The number of benzene rings is 1. The van der Waals surface area contributed by atoms with Gasteiger partial charge in [-0.3, -0.25) is 9.59 Å². The van der Waals surface area contributed by atoms with Crippen LogP contribution >= 0.6 is 0 Å². The average Bonchev–Trinajstić information content (AvgIpc) is 2.54. The Morgan fingerprint density at radius 2 is 2.09 bits per heavy atom. The summed E-state index contributed by atoms with van der Waals surface area (Å²) in [5.41, 5.74) is 1.51. The number of hydrogen-bond acceptors (Lipinski definition) is 5. The molecule has 5 heteroatoms. The van der Waals surface area contributed by atoms with Crippen molar-refractivity contribution in [2.45, 2.75) is 38.4 Å². The maximum absolute atomic E-state index is 12.5. The van der Waals surface area contributed by atoms with Crippen LogP contribution in [0.15, 0.2) is 35.6 Å². The maximum atomic E-state index is 12.5. The number of ether oxygens (including phenoxy) is 3. The van der Waals surface area contributed by atoms with E-state index in [2.05, 4.69) is 0 Å². The normalized spacial score (nSPS) is 28.2. The number of allylic oxidation sites excluding steroid dienone is 2. The molecule has 1 aromatic carbocycles. The van der Waals surface area contributed by atoms with Gasteiger partial charge in [0.1, 0.15) is 17.4 Å². The van der Waals surface area contributed by atoms with E-state index in [1.165, 1.54) is 0 Å². The van der Waals surface area contributed by atoms with Gasteiger partial charge < -0.3 is 14.2 Å². The molecular formula is C18H18O5. The maximum Gasteiger partial charge on any atom is 0.317 e. The second kappa shape index (κ2) is 5.41. The van der Waals surface area contributed by atoms with Crippen LogP contribution in [0.1, 0.15) is 37.7 Å². The number of Topliss-reactive ketones (excluding diaryl/α,β-unsaturated/α-hetero) is 1. The molecule has 0 N–H and O–H groups in total. The average molecular weight is 314 g/mol. The third-order valence-electron chi connectivity index (χ3n) is 4.69. The zero-order valence-corrected chi connectivity index (χ0v) is 12.9. The highest BCUT2D eigenvalue weighted by Gasteiger charge is 2.53. The molecule has 0 aromatic heterocycles. The van der Waals surface area contributed by atoms with Gasteiger partial charge in [-0.1, -0.05) is 18.2 Å². The lowest BCUT2D eigenvalue weighted by atomic mass is 9.72. The van der Waals surface area contributed by atoms with Gasteiger partial charge in [-0.2, -0.15) is 0 Å². The number of fused-ring (bicyclic) bond motifs is 5. The van der Waals surface area contributed by atoms with Crippen LogP contribution in [0, 0.1) is 5.92 Å². The summed E-state index contributed by atoms with van der Waals surface area (Å²) in [6.07, 6.45) is 1.28. The molecule has 5 nitrogen and oxygen atoms in total. The summed E-state index contributed by atoms with van der Waals surface area (Å²) >= 11 is 0. The molecule has 2 bridgehead atoms. The predicted molar refractivity (Wildman–Crippen MR) is 80.7 cm³/mol. The van der Waals surface area contributed by atoms with Crippen LogP contribution in [0.5, 0.6) is 5.75 Å². The minimum Gasteiger partial charge on any atom is -0.466 e. The first kappa shape index (κ1) is 14.3. The highest BCUT2D eigenvalue weighted by atomic mass is 16.7. The van der Waals surface area contributed by atoms with Gasteiger partial charge in [-0.15, -0.1) is 0 Å². The minimum absolute atomic E-state index is 0.0701. The number of carbonyl (C=O) groups excluding carboxylic acids is 2. The monoisotopic (exact) mass is 314 g/mol. The van der Waals surface area contributed by atoms with Crippen molar-refractivity contribution < 1.29 is 23.8 Å². The Balaban J connectivity index is 1.87. The first-order chi connectivity index (χ1) is 11.2. The quantitative estimate of drug-likeness (QED) is 0.785. The number of esters is 1. The fraction of sp³-hybridized carbons (Fsp3) is 0.444. The third kappa shape index (κ3) is 2.14. The van der Waals surface area contributed by atoms with Gasteiger partial charge in [0, 0.05) is 29.9 Å². The molecule has 120 valence electrons. The molecule has 0 saturated carbocycles. The smallest absolute Gasteiger partial charge is 0.317 e. The molecule has 0 fully saturated rings. The Morgan fingerprint density at radius 3 is 2.91 bits per heavy atom. The Kier molecular flexibility index (Phi) is 3.36. The third-order valence-corrected chi connectivity index (χ3v) is 4.69. The van der Waals surface area contributed by atoms with Crippen LogP contribution in [0.3, 0.4) is 0 Å². The van der Waals surface area contributed by atoms with Crippen molar-refractivity contribution in [1.29, 1.82) is 0 Å². The molecule has 3 unspecified atom stereocenters. The standard InChI is InChI=1S/C18H18O5/c1-2-21-17(20)16-14-10-6-3-4-8-12(10)22-18(16)23-13-9-5-7-11(19)15(13)14/h3-4,6,8,14,16,18H,2,5,7,9H2,1H3. The molecule has 4 rings (SSSR count). The summed E-state index contributed by atoms with van der Waals surface area (Å²) in [4.78, 5) is 25.0. The van der Waals surface area contributed by atoms with E-state index in [9.17, 15) is 9.59 Å². The highest BCUT2D eigenvalue weighted by Crippen LogP contribution is 2.51. The lowest BCUT2D eigenvalue weighted by Crippen LogP contribution is -2.48. The fourth-order valence-corrected chi connectivity index (χ4v) is 3.76. The molecule has 0 spiro atoms. The van der Waals surface area contributed by atoms with Crippen LogP contribution in [-0.4, -0.2) is 24.6 Å². The molecular weight excluding hydrogens is 296 g/mol. The molecule has 23 heavy (non-hydrogen) atoms. The van der Waals surface area contributed by atoms with Crippen LogP contribution in [0.25, 0.3) is 0 Å². The van der Waals surface area contributed by atoms with Crippen LogP contribution in [0.4, 0.5) is 0 Å². The molecule has 0 amide bonds. The molecule has 2 aliphatic heterocycles. The van der Waals surface area contributed by atoms with Crippen molar-refractivity contribution in [2.75, 3.05) is 6.61 Å². The number of carbonyl (C=O) groups is 2. The first-order valence-corrected chi connectivity index (χ1v) is 8.05. The molecule has 2 heterocycles. The summed E-state index contributed by atoms with van der Waals surface area (Å²) in [6.45, 7) is 2.05. The van der Waals surface area contributed by atoms with E-state index in [0.717, 1.165) is 18.4 Å². The molecule has 1 aliphatic carbocycles. The molecule has 0 radical (unpaired) electrons. The van der Waals surface area contributed by atoms with Crippen molar-refractivity contribution in [3.8, 4) is 5.75 Å². The van der Waals surface area contributed by atoms with Gasteiger partial charge >= 0.3 is 5.97 Å². The Morgan fingerprint density at radius 1 is 1.26 bits per heavy atom. The summed E-state index contributed by atoms with van der Waals surface area (Å²) in [5.74, 6) is 0.0908. The van der Waals surface area contributed by atoms with Crippen molar-refractivity contribution >= 4 is 11.8 Å². The molecule has 1 aromatic rings. The van der Waals surface area contributed by atoms with E-state index in [-0.39, 0.29) is 24.3 Å². The van der Waals surface area contributed by atoms with E-state index >= 15 is 0 Å². The van der Waals surface area contributed by atoms with Gasteiger partial charge in [-0.05, 0) is 19.4 Å². The van der Waals surface area contributed by atoms with Crippen LogP contribution in [0.2, 0.25) is 0 Å². The zero-order valence-electron chi connectivity index (χ0n) is 12.9. The van der Waals surface area contributed by atoms with Gasteiger partial charge in [-0.25, -0.2) is 0 Å². The summed E-state index contributed by atoms with van der Waals surface area (Å²) in [6, 6.07) is 7.53. The topological polar surface area (TPSA) is 61.8 Å². The fourth-order valence-electron chi connectivity index (χ4n) is 3.76. The summed E-state index contributed by atoms with van der Waals surface area (Å²) in [7, 11) is 0. The number of rotatable bonds is 2. The van der Waals surface area contributed by atoms with Crippen molar-refractivity contribution in [3.63, 3.8) is 0 Å². The van der Waals surface area contributed by atoms with E-state index in [4.69, 9.17) is 14.2 Å². The van der Waals surface area contributed by atoms with Crippen LogP contribution in [-0.2, 0) is 19.1 Å². The van der Waals surface area contributed by atoms with E-state index < -0.39 is 12.2 Å². The van der Waals surface area contributed by atoms with Crippen molar-refractivity contribution in [1.82, 2.24) is 0 Å². The van der Waals surface area contributed by atoms with E-state index in [1.807, 2.05) is 24.3 Å². The summed E-state index contributed by atoms with van der Waals surface area (Å²) < 4.78 is 17.0. The van der Waals surface area contributed by atoms with E-state index in [0.29, 0.717) is 23.5 Å². The first-order valence-electron chi connectivity index (χ1n) is 8.05. The highest BCUT2D eigenvalue weighted by molar-refractivity contribution is 5.99. The minimum atomic E-state index is -0.724. The number of para-hydroxylation sites is 1. The van der Waals surface area contributed by atoms with E-state index in [1.54, 1.807) is 6.92 Å². The summed E-state index contributed by atoms with van der Waals surface area (Å²) in [5, 5.41) is 0. The van der Waals surface area contributed by atoms with Gasteiger partial charge in [0.15, 0.2) is 5.78 Å². The molecule has 3 aliphatic rings. The number of ketones is 1. The Hall–Kier alpha value is -2.30. The second-order valence-electron chi connectivity index (χ2n) is 6.01. The lowest BCUT2D eigenvalue weighted by molar-refractivity contribution is -0.173. The lowest BCUT2D eigenvalue weighted by Gasteiger charge is -2.44. The Labute approximate surface area is 134 Å². The molecule has 3 atom stereocenters. The van der Waals surface area contributed by atoms with Crippen molar-refractivity contribution in [3.05, 3.63) is 41.2 Å². The largest absolute Gasteiger partial charge is 0.466 e. The number of hydrogen-bond donors (Lipinski definition) is 0. The van der Waals surface area contributed by atoms with Gasteiger partial charge in [0.25, 0.3) is 6.29 Å². The predicted octanol–water partition coefficient (Wildman–Crippen LogP) is 2.71. The Bertz CT molecular complexity index is 705. The zero-order chi connectivity index (χ0) is 16.0. The van der Waals surface area contributed by atoms with Gasteiger partial charge in [0.2, 0.25) is 0 Å². The van der Waals surface area contributed by atoms with Gasteiger partial charge in [0.05, 0.1) is 6.61 Å². The SMILES string of the molecule is CCOC(=O)C1C2OC3=C(C(=O)CCC3)C1c1ccccc1O2. The van der Waals surface area contributed by atoms with Crippen molar-refractivity contribution in [2.24, 2.45) is 5.92 Å².